The maximum atomic E-state index is 12.5. The second-order valence-corrected chi connectivity index (χ2v) is 7.17. The van der Waals surface area contributed by atoms with Gasteiger partial charge in [0.1, 0.15) is 0 Å². The van der Waals surface area contributed by atoms with Gasteiger partial charge in [-0.1, -0.05) is 0 Å². The number of nitrogens with zero attached hydrogens (tertiary/aromatic N) is 2. The van der Waals surface area contributed by atoms with Crippen LogP contribution in [0.25, 0.3) is 0 Å². The Bertz CT molecular complexity index is 638. The number of fused-ring (bicyclic) bond motifs is 1. The van der Waals surface area contributed by atoms with Crippen molar-refractivity contribution < 1.29 is 9.59 Å². The first-order valence-corrected chi connectivity index (χ1v) is 9.17. The molecule has 0 unspecified atom stereocenters. The summed E-state index contributed by atoms with van der Waals surface area (Å²) in [6.45, 7) is 4.82. The number of anilines is 2. The third kappa shape index (κ3) is 4.44. The Morgan fingerprint density at radius 3 is 2.68 bits per heavy atom. The number of likely N-dealkylation sites (tertiary alicyclic amines) is 1. The van der Waals surface area contributed by atoms with E-state index in [1.165, 1.54) is 11.3 Å². The summed E-state index contributed by atoms with van der Waals surface area (Å²) in [6, 6.07) is 6.17. The number of piperidine rings is 1. The van der Waals surface area contributed by atoms with Crippen molar-refractivity contribution in [2.24, 2.45) is 5.92 Å². The highest BCUT2D eigenvalue weighted by atomic mass is 16.2. The zero-order valence-electron chi connectivity index (χ0n) is 15.2. The number of hydrogen-bond acceptors (Lipinski definition) is 3. The van der Waals surface area contributed by atoms with Gasteiger partial charge in [0.25, 0.3) is 0 Å². The molecule has 0 saturated carbocycles. The highest BCUT2D eigenvalue weighted by molar-refractivity contribution is 5.90. The van der Waals surface area contributed by atoms with E-state index in [4.69, 9.17) is 0 Å². The van der Waals surface area contributed by atoms with Crippen molar-refractivity contribution in [2.45, 2.75) is 32.6 Å². The van der Waals surface area contributed by atoms with Gasteiger partial charge in [-0.3, -0.25) is 4.79 Å². The van der Waals surface area contributed by atoms with Gasteiger partial charge in [-0.05, 0) is 55.4 Å². The maximum absolute atomic E-state index is 12.5. The number of urea groups is 1. The fraction of sp³-hybridized carbons (Fsp3) is 0.579. The zero-order chi connectivity index (χ0) is 17.8. The molecule has 2 aliphatic rings. The van der Waals surface area contributed by atoms with Crippen molar-refractivity contribution in [3.05, 3.63) is 23.8 Å². The topological polar surface area (TPSA) is 64.7 Å². The molecule has 2 heterocycles. The fourth-order valence-corrected chi connectivity index (χ4v) is 3.69. The molecule has 0 spiro atoms. The summed E-state index contributed by atoms with van der Waals surface area (Å²) in [6.07, 6.45) is 4.09. The summed E-state index contributed by atoms with van der Waals surface area (Å²) in [5.74, 6) is 0.477. The van der Waals surface area contributed by atoms with Crippen LogP contribution in [-0.2, 0) is 11.2 Å². The summed E-state index contributed by atoms with van der Waals surface area (Å²) in [4.78, 5) is 27.6. The molecule has 1 fully saturated rings. The van der Waals surface area contributed by atoms with E-state index < -0.39 is 0 Å². The van der Waals surface area contributed by atoms with E-state index >= 15 is 0 Å². The predicted molar refractivity (Wildman–Crippen MR) is 100 cm³/mol. The zero-order valence-corrected chi connectivity index (χ0v) is 15.2. The molecule has 0 bridgehead atoms. The molecule has 136 valence electrons. The summed E-state index contributed by atoms with van der Waals surface area (Å²) in [5, 5.41) is 5.91. The number of benzene rings is 1. The minimum absolute atomic E-state index is 0.0122. The van der Waals surface area contributed by atoms with Crippen LogP contribution in [0.4, 0.5) is 16.2 Å². The molecule has 0 radical (unpaired) electrons. The molecule has 2 N–H and O–H groups in total. The SMILES string of the molecule is CC(=O)NCC1CCN(C(=O)Nc2ccc3c(c2)CCCN3C)CC1. The molecule has 0 aliphatic carbocycles. The molecule has 2 aliphatic heterocycles. The lowest BCUT2D eigenvalue weighted by Crippen LogP contribution is -2.43. The van der Waals surface area contributed by atoms with Gasteiger partial charge in [-0.15, -0.1) is 0 Å². The highest BCUT2D eigenvalue weighted by Crippen LogP contribution is 2.28. The second kappa shape index (κ2) is 7.76. The number of nitrogens with one attached hydrogen (secondary N) is 2. The molecular formula is C19H28N4O2. The molecule has 0 atom stereocenters. The largest absolute Gasteiger partial charge is 0.374 e. The first-order valence-electron chi connectivity index (χ1n) is 9.17. The van der Waals surface area contributed by atoms with Gasteiger partial charge in [0, 0.05) is 51.5 Å². The quantitative estimate of drug-likeness (QED) is 0.885. The van der Waals surface area contributed by atoms with Crippen LogP contribution in [0.1, 0.15) is 31.7 Å². The number of carbonyl (C=O) groups is 2. The third-order valence-electron chi connectivity index (χ3n) is 5.22. The van der Waals surface area contributed by atoms with Crippen molar-refractivity contribution in [2.75, 3.05) is 43.4 Å². The molecule has 6 nitrogen and oxygen atoms in total. The molecule has 25 heavy (non-hydrogen) atoms. The summed E-state index contributed by atoms with van der Waals surface area (Å²) < 4.78 is 0. The van der Waals surface area contributed by atoms with Gasteiger partial charge in [0.2, 0.25) is 5.91 Å². The molecular weight excluding hydrogens is 316 g/mol. The van der Waals surface area contributed by atoms with E-state index in [0.29, 0.717) is 12.5 Å². The predicted octanol–water partition coefficient (Wildman–Crippen LogP) is 2.45. The Balaban J connectivity index is 1.52. The standard InChI is InChI=1S/C19H28N4O2/c1-14(24)20-13-15-7-10-23(11-8-15)19(25)21-17-5-6-18-16(12-17)4-3-9-22(18)2/h5-6,12,15H,3-4,7-11,13H2,1-2H3,(H,20,24)(H,21,25). The number of carbonyl (C=O) groups excluding carboxylic acids is 2. The fourth-order valence-electron chi connectivity index (χ4n) is 3.69. The van der Waals surface area contributed by atoms with Crippen LogP contribution < -0.4 is 15.5 Å². The molecule has 3 amide bonds. The number of hydrogen-bond donors (Lipinski definition) is 2. The van der Waals surface area contributed by atoms with Gasteiger partial charge in [-0.2, -0.15) is 0 Å². The van der Waals surface area contributed by atoms with Crippen LogP contribution in [0.5, 0.6) is 0 Å². The summed E-state index contributed by atoms with van der Waals surface area (Å²) in [7, 11) is 2.11. The molecule has 1 aromatic carbocycles. The Kier molecular flexibility index (Phi) is 5.46. The first-order chi connectivity index (χ1) is 12.0. The van der Waals surface area contributed by atoms with Gasteiger partial charge in [0.15, 0.2) is 0 Å². The highest BCUT2D eigenvalue weighted by Gasteiger charge is 2.23. The van der Waals surface area contributed by atoms with E-state index in [9.17, 15) is 9.59 Å². The molecule has 6 heteroatoms. The van der Waals surface area contributed by atoms with Crippen molar-refractivity contribution >= 4 is 23.3 Å². The van der Waals surface area contributed by atoms with Crippen molar-refractivity contribution in [3.8, 4) is 0 Å². The van der Waals surface area contributed by atoms with Crippen LogP contribution >= 0.6 is 0 Å². The Hall–Kier alpha value is -2.24. The van der Waals surface area contributed by atoms with E-state index in [1.54, 1.807) is 6.92 Å². The van der Waals surface area contributed by atoms with E-state index in [-0.39, 0.29) is 11.9 Å². The lowest BCUT2D eigenvalue weighted by atomic mass is 9.97. The number of aryl methyl sites for hydroxylation is 1. The minimum Gasteiger partial charge on any atom is -0.374 e. The summed E-state index contributed by atoms with van der Waals surface area (Å²) >= 11 is 0. The van der Waals surface area contributed by atoms with Crippen LogP contribution in [0.2, 0.25) is 0 Å². The van der Waals surface area contributed by atoms with Crippen molar-refractivity contribution in [1.82, 2.24) is 10.2 Å². The minimum atomic E-state index is -0.0258. The smallest absolute Gasteiger partial charge is 0.321 e. The third-order valence-corrected chi connectivity index (χ3v) is 5.22. The van der Waals surface area contributed by atoms with Crippen molar-refractivity contribution in [1.29, 1.82) is 0 Å². The maximum Gasteiger partial charge on any atom is 0.321 e. The lowest BCUT2D eigenvalue weighted by Gasteiger charge is -2.32. The summed E-state index contributed by atoms with van der Waals surface area (Å²) in [5.41, 5.74) is 3.45. The van der Waals surface area contributed by atoms with Crippen LogP contribution in [-0.4, -0.2) is 50.1 Å². The van der Waals surface area contributed by atoms with Gasteiger partial charge in [-0.25, -0.2) is 4.79 Å². The lowest BCUT2D eigenvalue weighted by molar-refractivity contribution is -0.119. The van der Waals surface area contributed by atoms with Crippen LogP contribution in [0, 0.1) is 5.92 Å². The normalized spacial score (nSPS) is 17.8. The van der Waals surface area contributed by atoms with E-state index in [2.05, 4.69) is 34.7 Å². The molecule has 0 aromatic heterocycles. The first kappa shape index (κ1) is 17.6. The monoisotopic (exact) mass is 344 g/mol. The average Bonchev–Trinajstić information content (AvgIpc) is 2.60. The number of rotatable bonds is 3. The Labute approximate surface area is 149 Å². The molecule has 3 rings (SSSR count). The van der Waals surface area contributed by atoms with Gasteiger partial charge >= 0.3 is 6.03 Å². The molecule has 1 saturated heterocycles. The molecule has 1 aromatic rings. The second-order valence-electron chi connectivity index (χ2n) is 7.17. The van der Waals surface area contributed by atoms with Gasteiger partial charge < -0.3 is 20.4 Å². The number of amides is 3. The van der Waals surface area contributed by atoms with E-state index in [0.717, 1.165) is 51.0 Å². The van der Waals surface area contributed by atoms with Crippen molar-refractivity contribution in [3.63, 3.8) is 0 Å². The van der Waals surface area contributed by atoms with E-state index in [1.807, 2.05) is 11.0 Å². The van der Waals surface area contributed by atoms with Crippen LogP contribution in [0.3, 0.4) is 0 Å². The Morgan fingerprint density at radius 2 is 1.96 bits per heavy atom. The Morgan fingerprint density at radius 1 is 1.20 bits per heavy atom. The van der Waals surface area contributed by atoms with Gasteiger partial charge in [0.05, 0.1) is 0 Å². The van der Waals surface area contributed by atoms with Crippen LogP contribution in [0.15, 0.2) is 18.2 Å². The average molecular weight is 344 g/mol.